The van der Waals surface area contributed by atoms with Crippen LogP contribution in [-0.2, 0) is 9.59 Å². The molecule has 3 rings (SSSR count). The molecule has 1 aliphatic heterocycles. The number of hydrogen-bond acceptors (Lipinski definition) is 3. The number of amides is 2. The number of rotatable bonds is 4. The number of carbonyl (C=O) groups excluding carboxylic acids is 2. The fraction of sp³-hybridized carbons (Fsp3) is 0.211. The molecule has 0 aliphatic carbocycles. The van der Waals surface area contributed by atoms with Gasteiger partial charge in [-0.1, -0.05) is 46.3 Å². The van der Waals surface area contributed by atoms with Crippen LogP contribution in [0.4, 0.5) is 5.69 Å². The van der Waals surface area contributed by atoms with Gasteiger partial charge in [-0.2, -0.15) is 5.10 Å². The fourth-order valence-electron chi connectivity index (χ4n) is 2.79. The molecule has 0 bridgehead atoms. The van der Waals surface area contributed by atoms with Crippen molar-refractivity contribution in [3.8, 4) is 0 Å². The van der Waals surface area contributed by atoms with E-state index in [0.717, 1.165) is 21.3 Å². The minimum atomic E-state index is -0.394. The monoisotopic (exact) mass is 399 g/mol. The molecule has 2 aromatic carbocycles. The van der Waals surface area contributed by atoms with Crippen molar-refractivity contribution in [1.29, 1.82) is 0 Å². The van der Waals surface area contributed by atoms with Gasteiger partial charge < -0.3 is 4.90 Å². The lowest BCUT2D eigenvalue weighted by molar-refractivity contribution is -0.126. The first kappa shape index (κ1) is 17.4. The Hall–Kier alpha value is -2.47. The van der Waals surface area contributed by atoms with Gasteiger partial charge in [0.2, 0.25) is 11.8 Å². The zero-order valence-electron chi connectivity index (χ0n) is 13.8. The van der Waals surface area contributed by atoms with Crippen molar-refractivity contribution < 1.29 is 9.59 Å². The Morgan fingerprint density at radius 1 is 1.24 bits per heavy atom. The quantitative estimate of drug-likeness (QED) is 0.633. The van der Waals surface area contributed by atoms with E-state index in [4.69, 9.17) is 0 Å². The molecule has 2 aromatic rings. The van der Waals surface area contributed by atoms with Crippen molar-refractivity contribution in [3.63, 3.8) is 0 Å². The molecule has 25 heavy (non-hydrogen) atoms. The molecule has 0 radical (unpaired) electrons. The average Bonchev–Trinajstić information content (AvgIpc) is 2.99. The van der Waals surface area contributed by atoms with Crippen molar-refractivity contribution in [1.82, 2.24) is 5.43 Å². The van der Waals surface area contributed by atoms with Crippen LogP contribution in [0, 0.1) is 12.8 Å². The van der Waals surface area contributed by atoms with Crippen LogP contribution in [0.5, 0.6) is 0 Å². The number of halogens is 1. The first-order valence-electron chi connectivity index (χ1n) is 7.99. The SMILES string of the molecule is Cc1ccccc1N1CC(C(=O)NN=Cc2ccc(Br)cc2)CC1=O. The van der Waals surface area contributed by atoms with E-state index < -0.39 is 5.92 Å². The minimum Gasteiger partial charge on any atom is -0.311 e. The van der Waals surface area contributed by atoms with Gasteiger partial charge in [0.1, 0.15) is 0 Å². The Balaban J connectivity index is 1.61. The van der Waals surface area contributed by atoms with E-state index in [2.05, 4.69) is 26.5 Å². The minimum absolute atomic E-state index is 0.0358. The van der Waals surface area contributed by atoms with Gasteiger partial charge in [0.15, 0.2) is 0 Å². The fourth-order valence-corrected chi connectivity index (χ4v) is 3.06. The third-order valence-electron chi connectivity index (χ3n) is 4.16. The topological polar surface area (TPSA) is 61.8 Å². The predicted molar refractivity (Wildman–Crippen MR) is 102 cm³/mol. The number of aryl methyl sites for hydroxylation is 1. The maximum Gasteiger partial charge on any atom is 0.245 e. The van der Waals surface area contributed by atoms with Crippen LogP contribution in [-0.4, -0.2) is 24.6 Å². The van der Waals surface area contributed by atoms with Gasteiger partial charge in [-0.25, -0.2) is 5.43 Å². The van der Waals surface area contributed by atoms with Gasteiger partial charge >= 0.3 is 0 Å². The Labute approximate surface area is 154 Å². The molecule has 6 heteroatoms. The van der Waals surface area contributed by atoms with E-state index in [1.165, 1.54) is 0 Å². The highest BCUT2D eigenvalue weighted by Gasteiger charge is 2.35. The third kappa shape index (κ3) is 4.14. The van der Waals surface area contributed by atoms with Crippen LogP contribution in [0.1, 0.15) is 17.5 Å². The molecule has 128 valence electrons. The largest absolute Gasteiger partial charge is 0.311 e. The highest BCUT2D eigenvalue weighted by Crippen LogP contribution is 2.27. The van der Waals surface area contributed by atoms with Crippen molar-refractivity contribution in [3.05, 3.63) is 64.1 Å². The van der Waals surface area contributed by atoms with Crippen molar-refractivity contribution in [2.45, 2.75) is 13.3 Å². The average molecular weight is 400 g/mol. The molecule has 0 spiro atoms. The summed E-state index contributed by atoms with van der Waals surface area (Å²) in [4.78, 5) is 26.2. The summed E-state index contributed by atoms with van der Waals surface area (Å²) in [6.45, 7) is 2.34. The smallest absolute Gasteiger partial charge is 0.245 e. The summed E-state index contributed by atoms with van der Waals surface area (Å²) in [6, 6.07) is 15.3. The molecule has 1 atom stereocenters. The van der Waals surface area contributed by atoms with Gasteiger partial charge in [0, 0.05) is 23.1 Å². The molecule has 1 heterocycles. The summed E-state index contributed by atoms with van der Waals surface area (Å²) in [5.41, 5.74) is 5.30. The molecule has 1 aliphatic rings. The molecule has 5 nitrogen and oxygen atoms in total. The first-order valence-corrected chi connectivity index (χ1v) is 8.78. The molecule has 0 saturated carbocycles. The standard InChI is InChI=1S/C19H18BrN3O2/c1-13-4-2-3-5-17(13)23-12-15(10-18(23)24)19(25)22-21-11-14-6-8-16(20)9-7-14/h2-9,11,15H,10,12H2,1H3,(H,22,25). The Morgan fingerprint density at radius 3 is 2.68 bits per heavy atom. The van der Waals surface area contributed by atoms with E-state index in [9.17, 15) is 9.59 Å². The summed E-state index contributed by atoms with van der Waals surface area (Å²) in [5, 5.41) is 3.99. The highest BCUT2D eigenvalue weighted by molar-refractivity contribution is 9.10. The van der Waals surface area contributed by atoms with Gasteiger partial charge in [0.05, 0.1) is 12.1 Å². The summed E-state index contributed by atoms with van der Waals surface area (Å²) >= 11 is 3.37. The summed E-state index contributed by atoms with van der Waals surface area (Å²) in [6.07, 6.45) is 1.79. The predicted octanol–water partition coefficient (Wildman–Crippen LogP) is 3.26. The number of benzene rings is 2. The number of hydrazone groups is 1. The lowest BCUT2D eigenvalue weighted by Crippen LogP contribution is -2.30. The van der Waals surface area contributed by atoms with Gasteiger partial charge in [0.25, 0.3) is 0 Å². The normalized spacial score (nSPS) is 17.3. The molecule has 2 amide bonds. The second kappa shape index (κ2) is 7.61. The molecule has 1 saturated heterocycles. The van der Waals surface area contributed by atoms with Crippen LogP contribution >= 0.6 is 15.9 Å². The summed E-state index contributed by atoms with van der Waals surface area (Å²) < 4.78 is 0.981. The molecule has 0 aromatic heterocycles. The summed E-state index contributed by atoms with van der Waals surface area (Å²) in [7, 11) is 0. The van der Waals surface area contributed by atoms with Crippen molar-refractivity contribution in [2.24, 2.45) is 11.0 Å². The second-order valence-electron chi connectivity index (χ2n) is 5.98. The molecular formula is C19H18BrN3O2. The van der Waals surface area contributed by atoms with Crippen LogP contribution in [0.25, 0.3) is 0 Å². The number of carbonyl (C=O) groups is 2. The lowest BCUT2D eigenvalue weighted by Gasteiger charge is -2.18. The Kier molecular flexibility index (Phi) is 5.28. The van der Waals surface area contributed by atoms with Crippen molar-refractivity contribution >= 4 is 39.6 Å². The molecule has 1 unspecified atom stereocenters. The molecule has 1 N–H and O–H groups in total. The van der Waals surface area contributed by atoms with E-state index >= 15 is 0 Å². The highest BCUT2D eigenvalue weighted by atomic mass is 79.9. The molecule has 1 fully saturated rings. The van der Waals surface area contributed by atoms with Crippen LogP contribution < -0.4 is 10.3 Å². The van der Waals surface area contributed by atoms with E-state index in [1.54, 1.807) is 11.1 Å². The van der Waals surface area contributed by atoms with Crippen LogP contribution in [0.15, 0.2) is 58.1 Å². The second-order valence-corrected chi connectivity index (χ2v) is 6.89. The lowest BCUT2D eigenvalue weighted by atomic mass is 10.1. The zero-order valence-corrected chi connectivity index (χ0v) is 15.4. The maximum absolute atomic E-state index is 12.3. The number of anilines is 1. The van der Waals surface area contributed by atoms with Crippen LogP contribution in [0.2, 0.25) is 0 Å². The first-order chi connectivity index (χ1) is 12.0. The van der Waals surface area contributed by atoms with Gasteiger partial charge in [-0.05, 0) is 36.2 Å². The van der Waals surface area contributed by atoms with E-state index in [-0.39, 0.29) is 18.2 Å². The number of para-hydroxylation sites is 1. The molecular weight excluding hydrogens is 382 g/mol. The van der Waals surface area contributed by atoms with Gasteiger partial charge in [-0.3, -0.25) is 9.59 Å². The zero-order chi connectivity index (χ0) is 17.8. The van der Waals surface area contributed by atoms with Crippen molar-refractivity contribution in [2.75, 3.05) is 11.4 Å². The number of nitrogens with one attached hydrogen (secondary N) is 1. The maximum atomic E-state index is 12.3. The van der Waals surface area contributed by atoms with Crippen LogP contribution in [0.3, 0.4) is 0 Å². The van der Waals surface area contributed by atoms with E-state index in [1.807, 2.05) is 55.5 Å². The summed E-state index contributed by atoms with van der Waals surface area (Å²) in [5.74, 6) is -0.668. The van der Waals surface area contributed by atoms with E-state index in [0.29, 0.717) is 6.54 Å². The third-order valence-corrected chi connectivity index (χ3v) is 4.69. The Bertz CT molecular complexity index is 818. The Morgan fingerprint density at radius 2 is 1.96 bits per heavy atom. The number of nitrogens with zero attached hydrogens (tertiary/aromatic N) is 2. The number of hydrogen-bond donors (Lipinski definition) is 1. The van der Waals surface area contributed by atoms with Gasteiger partial charge in [-0.15, -0.1) is 0 Å².